The van der Waals surface area contributed by atoms with E-state index in [0.29, 0.717) is 13.2 Å². The Labute approximate surface area is 196 Å². The van der Waals surface area contributed by atoms with Gasteiger partial charge in [-0.05, 0) is 62.1 Å². The molecule has 0 bridgehead atoms. The van der Waals surface area contributed by atoms with E-state index >= 15 is 0 Å². The molecule has 0 unspecified atom stereocenters. The molecule has 1 aromatic heterocycles. The summed E-state index contributed by atoms with van der Waals surface area (Å²) in [6, 6.07) is 10.5. The van der Waals surface area contributed by atoms with Gasteiger partial charge in [-0.15, -0.1) is 0 Å². The van der Waals surface area contributed by atoms with Gasteiger partial charge in [0.15, 0.2) is 0 Å². The van der Waals surface area contributed by atoms with Crippen molar-refractivity contribution >= 4 is 22.5 Å². The van der Waals surface area contributed by atoms with E-state index in [9.17, 15) is 4.79 Å². The van der Waals surface area contributed by atoms with Crippen LogP contribution in [0.25, 0.3) is 10.9 Å². The number of benzene rings is 2. The highest BCUT2D eigenvalue weighted by Crippen LogP contribution is 2.34. The summed E-state index contributed by atoms with van der Waals surface area (Å²) in [5.74, 6) is 0.107. The van der Waals surface area contributed by atoms with Gasteiger partial charge in [-0.1, -0.05) is 18.2 Å². The molecule has 2 heterocycles. The van der Waals surface area contributed by atoms with Crippen molar-refractivity contribution in [2.24, 2.45) is 0 Å². The minimum atomic E-state index is 0.107. The molecule has 0 spiro atoms. The lowest BCUT2D eigenvalue weighted by Crippen LogP contribution is -2.46. The van der Waals surface area contributed by atoms with Crippen molar-refractivity contribution in [3.8, 4) is 0 Å². The first-order valence-corrected chi connectivity index (χ1v) is 11.8. The third-order valence-electron chi connectivity index (χ3n) is 7.00. The number of ether oxygens (including phenoxy) is 1. The maximum absolute atomic E-state index is 13.4. The molecular formula is C27H36N4O2. The number of methoxy groups -OCH3 is 1. The Hall–Kier alpha value is -2.83. The number of carbonyl (C=O) groups is 1. The maximum atomic E-state index is 13.4. The first-order valence-electron chi connectivity index (χ1n) is 11.8. The first-order chi connectivity index (χ1) is 15.9. The average Bonchev–Trinajstić information content (AvgIpc) is 3.07. The van der Waals surface area contributed by atoms with Gasteiger partial charge in [-0.3, -0.25) is 4.79 Å². The smallest absolute Gasteiger partial charge is 0.254 e. The predicted octanol–water partition coefficient (Wildman–Crippen LogP) is 4.18. The number of hydrogen-bond donors (Lipinski definition) is 2. The van der Waals surface area contributed by atoms with Gasteiger partial charge in [-0.2, -0.15) is 0 Å². The fourth-order valence-corrected chi connectivity index (χ4v) is 4.86. The minimum absolute atomic E-state index is 0.107. The van der Waals surface area contributed by atoms with Gasteiger partial charge in [0.05, 0.1) is 17.8 Å². The molecule has 2 N–H and O–H groups in total. The Balaban J connectivity index is 1.79. The molecule has 6 nitrogen and oxygen atoms in total. The number of nitrogens with zero attached hydrogens (tertiary/aromatic N) is 2. The molecule has 4 rings (SSSR count). The summed E-state index contributed by atoms with van der Waals surface area (Å²) in [4.78, 5) is 15.4. The van der Waals surface area contributed by atoms with Crippen LogP contribution >= 0.6 is 0 Å². The summed E-state index contributed by atoms with van der Waals surface area (Å²) in [5.41, 5.74) is 9.16. The van der Waals surface area contributed by atoms with Crippen molar-refractivity contribution in [3.05, 3.63) is 63.8 Å². The molecule has 3 aromatic rings. The third-order valence-corrected chi connectivity index (χ3v) is 7.00. The van der Waals surface area contributed by atoms with E-state index < -0.39 is 0 Å². The number of rotatable bonds is 7. The number of fused-ring (bicyclic) bond motifs is 1. The number of carbonyl (C=O) groups excluding carboxylic acids is 1. The van der Waals surface area contributed by atoms with E-state index in [2.05, 4.69) is 67.2 Å². The van der Waals surface area contributed by atoms with Crippen LogP contribution in [0.3, 0.4) is 0 Å². The van der Waals surface area contributed by atoms with Gasteiger partial charge < -0.3 is 24.8 Å². The fourth-order valence-electron chi connectivity index (χ4n) is 4.86. The zero-order valence-corrected chi connectivity index (χ0v) is 20.5. The second-order valence-corrected chi connectivity index (χ2v) is 9.04. The zero-order chi connectivity index (χ0) is 23.5. The standard InChI is InChI=1S/C27H36N4O2/c1-18-7-6-8-19(2)24(18)17-29-25-16-22(27(32)30-11-9-28-10-12-30)15-23-20(3)21(4)31(26(23)25)13-14-33-5/h6-8,15-16,28-29H,9-14,17H2,1-5H3. The fraction of sp³-hybridized carbons (Fsp3) is 0.444. The summed E-state index contributed by atoms with van der Waals surface area (Å²) in [5, 5.41) is 8.16. The second-order valence-electron chi connectivity index (χ2n) is 9.04. The highest BCUT2D eigenvalue weighted by Gasteiger charge is 2.22. The first kappa shape index (κ1) is 23.3. The van der Waals surface area contributed by atoms with Gasteiger partial charge in [-0.25, -0.2) is 0 Å². The number of nitrogens with one attached hydrogen (secondary N) is 2. The van der Waals surface area contributed by atoms with Crippen LogP contribution in [-0.2, 0) is 17.8 Å². The second kappa shape index (κ2) is 9.98. The van der Waals surface area contributed by atoms with Crippen molar-refractivity contribution in [1.82, 2.24) is 14.8 Å². The lowest BCUT2D eigenvalue weighted by atomic mass is 10.0. The topological polar surface area (TPSA) is 58.5 Å². The number of anilines is 1. The Morgan fingerprint density at radius 2 is 1.79 bits per heavy atom. The molecule has 0 radical (unpaired) electrons. The van der Waals surface area contributed by atoms with Gasteiger partial charge in [0.1, 0.15) is 0 Å². The minimum Gasteiger partial charge on any atom is -0.383 e. The molecular weight excluding hydrogens is 412 g/mol. The van der Waals surface area contributed by atoms with E-state index in [4.69, 9.17) is 4.74 Å². The molecule has 6 heteroatoms. The van der Waals surface area contributed by atoms with E-state index in [1.165, 1.54) is 27.9 Å². The number of piperazine rings is 1. The Kier molecular flexibility index (Phi) is 7.05. The van der Waals surface area contributed by atoms with Crippen LogP contribution in [0.2, 0.25) is 0 Å². The molecule has 1 amide bonds. The number of aryl methyl sites for hydroxylation is 3. The van der Waals surface area contributed by atoms with E-state index in [1.807, 2.05) is 11.0 Å². The van der Waals surface area contributed by atoms with Crippen LogP contribution in [0, 0.1) is 27.7 Å². The lowest BCUT2D eigenvalue weighted by molar-refractivity contribution is 0.0736. The molecule has 0 saturated carbocycles. The van der Waals surface area contributed by atoms with Crippen molar-refractivity contribution < 1.29 is 9.53 Å². The SMILES string of the molecule is COCCn1c(C)c(C)c2cc(C(=O)N3CCNCC3)cc(NCc3c(C)cccc3C)c21. The molecule has 33 heavy (non-hydrogen) atoms. The number of aromatic nitrogens is 1. The van der Waals surface area contributed by atoms with Crippen LogP contribution < -0.4 is 10.6 Å². The molecule has 1 aliphatic heterocycles. The predicted molar refractivity (Wildman–Crippen MR) is 135 cm³/mol. The van der Waals surface area contributed by atoms with Crippen LogP contribution in [0.5, 0.6) is 0 Å². The maximum Gasteiger partial charge on any atom is 0.254 e. The summed E-state index contributed by atoms with van der Waals surface area (Å²) < 4.78 is 7.71. The summed E-state index contributed by atoms with van der Waals surface area (Å²) >= 11 is 0. The quantitative estimate of drug-likeness (QED) is 0.569. The average molecular weight is 449 g/mol. The number of amides is 1. The molecule has 1 fully saturated rings. The molecule has 176 valence electrons. The summed E-state index contributed by atoms with van der Waals surface area (Å²) in [7, 11) is 1.73. The van der Waals surface area contributed by atoms with Crippen molar-refractivity contribution in [3.63, 3.8) is 0 Å². The van der Waals surface area contributed by atoms with E-state index in [1.54, 1.807) is 7.11 Å². The number of hydrogen-bond acceptors (Lipinski definition) is 4. The lowest BCUT2D eigenvalue weighted by Gasteiger charge is -2.27. The Morgan fingerprint density at radius 3 is 2.45 bits per heavy atom. The van der Waals surface area contributed by atoms with Crippen LogP contribution in [0.4, 0.5) is 5.69 Å². The molecule has 1 saturated heterocycles. The van der Waals surface area contributed by atoms with E-state index in [-0.39, 0.29) is 5.91 Å². The van der Waals surface area contributed by atoms with Crippen LogP contribution in [0.1, 0.15) is 38.3 Å². The van der Waals surface area contributed by atoms with Gasteiger partial charge in [0.25, 0.3) is 5.91 Å². The Morgan fingerprint density at radius 1 is 1.09 bits per heavy atom. The van der Waals surface area contributed by atoms with Crippen LogP contribution in [-0.4, -0.2) is 55.3 Å². The van der Waals surface area contributed by atoms with Gasteiger partial charge in [0.2, 0.25) is 0 Å². The molecule has 1 aliphatic rings. The largest absolute Gasteiger partial charge is 0.383 e. The summed E-state index contributed by atoms with van der Waals surface area (Å²) in [6.07, 6.45) is 0. The zero-order valence-electron chi connectivity index (χ0n) is 20.5. The normalized spacial score (nSPS) is 14.2. The molecule has 0 atom stereocenters. The van der Waals surface area contributed by atoms with Gasteiger partial charge in [0, 0.05) is 63.0 Å². The Bertz CT molecular complexity index is 1140. The highest BCUT2D eigenvalue weighted by molar-refractivity contribution is 6.04. The summed E-state index contributed by atoms with van der Waals surface area (Å²) in [6.45, 7) is 13.9. The van der Waals surface area contributed by atoms with E-state index in [0.717, 1.165) is 54.9 Å². The van der Waals surface area contributed by atoms with Crippen molar-refractivity contribution in [2.45, 2.75) is 40.8 Å². The van der Waals surface area contributed by atoms with Crippen molar-refractivity contribution in [1.29, 1.82) is 0 Å². The third kappa shape index (κ3) is 4.63. The van der Waals surface area contributed by atoms with Gasteiger partial charge >= 0.3 is 0 Å². The monoisotopic (exact) mass is 448 g/mol. The molecule has 2 aromatic carbocycles. The highest BCUT2D eigenvalue weighted by atomic mass is 16.5. The van der Waals surface area contributed by atoms with Crippen LogP contribution in [0.15, 0.2) is 30.3 Å². The van der Waals surface area contributed by atoms with Crippen molar-refractivity contribution in [2.75, 3.05) is 45.2 Å². The molecule has 0 aliphatic carbocycles.